The van der Waals surface area contributed by atoms with Gasteiger partial charge in [0.1, 0.15) is 5.75 Å². The first-order valence-electron chi connectivity index (χ1n) is 8.61. The van der Waals surface area contributed by atoms with Gasteiger partial charge >= 0.3 is 5.97 Å². The Bertz CT molecular complexity index is 934. The van der Waals surface area contributed by atoms with Crippen LogP contribution in [0.4, 0.5) is 0 Å². The van der Waals surface area contributed by atoms with Crippen LogP contribution in [0.5, 0.6) is 5.75 Å². The van der Waals surface area contributed by atoms with Crippen LogP contribution < -0.4 is 5.32 Å². The van der Waals surface area contributed by atoms with Crippen molar-refractivity contribution in [1.29, 1.82) is 0 Å². The predicted molar refractivity (Wildman–Crippen MR) is 100 cm³/mol. The lowest BCUT2D eigenvalue weighted by molar-refractivity contribution is -0.145. The van der Waals surface area contributed by atoms with Crippen LogP contribution in [-0.4, -0.2) is 40.8 Å². The number of methoxy groups -OCH3 is 1. The summed E-state index contributed by atoms with van der Waals surface area (Å²) in [6.07, 6.45) is 0.549. The van der Waals surface area contributed by atoms with Crippen LogP contribution in [-0.2, 0) is 27.2 Å². The van der Waals surface area contributed by atoms with Crippen LogP contribution in [0.1, 0.15) is 11.3 Å². The Kier molecular flexibility index (Phi) is 5.71. The molecule has 3 rings (SSSR count). The van der Waals surface area contributed by atoms with Gasteiger partial charge in [-0.1, -0.05) is 30.3 Å². The number of nitrogens with zero attached hydrogens (tertiary/aromatic N) is 1. The molecule has 0 aliphatic rings. The zero-order valence-electron chi connectivity index (χ0n) is 14.9. The molecule has 1 amide bonds. The number of para-hydroxylation sites is 1. The summed E-state index contributed by atoms with van der Waals surface area (Å²) >= 11 is 0. The molecule has 0 aliphatic carbocycles. The molecule has 0 saturated carbocycles. The first kappa shape index (κ1) is 18.4. The third kappa shape index (κ3) is 4.63. The average Bonchev–Trinajstić information content (AvgIpc) is 3.09. The Balaban J connectivity index is 1.61. The minimum absolute atomic E-state index is 0.146. The Labute approximate surface area is 156 Å². The molecule has 0 spiro atoms. The predicted octanol–water partition coefficient (Wildman–Crippen LogP) is 1.96. The van der Waals surface area contributed by atoms with E-state index in [0.29, 0.717) is 6.42 Å². The minimum Gasteiger partial charge on any atom is -0.508 e. The lowest BCUT2D eigenvalue weighted by Gasteiger charge is -2.15. The average molecular weight is 367 g/mol. The molecule has 3 aromatic rings. The van der Waals surface area contributed by atoms with Crippen LogP contribution in [0.15, 0.2) is 48.5 Å². The molecule has 2 aromatic carbocycles. The molecular formula is C20H21N3O4. The van der Waals surface area contributed by atoms with Crippen LogP contribution in [0.2, 0.25) is 0 Å². The highest BCUT2D eigenvalue weighted by Gasteiger charge is 2.21. The van der Waals surface area contributed by atoms with Crippen molar-refractivity contribution in [3.63, 3.8) is 0 Å². The van der Waals surface area contributed by atoms with Crippen molar-refractivity contribution in [2.24, 2.45) is 5.92 Å². The minimum atomic E-state index is -0.512. The topological polar surface area (TPSA) is 104 Å². The lowest BCUT2D eigenvalue weighted by Crippen LogP contribution is -2.35. The Morgan fingerprint density at radius 3 is 2.67 bits per heavy atom. The van der Waals surface area contributed by atoms with E-state index in [0.717, 1.165) is 22.2 Å². The number of phenolic OH excluding ortho intramolecular Hbond substituents is 1. The van der Waals surface area contributed by atoms with Gasteiger partial charge in [-0.05, 0) is 30.2 Å². The van der Waals surface area contributed by atoms with Gasteiger partial charge in [-0.3, -0.25) is 14.7 Å². The fourth-order valence-corrected chi connectivity index (χ4v) is 2.93. The largest absolute Gasteiger partial charge is 0.508 e. The highest BCUT2D eigenvalue weighted by atomic mass is 16.5. The maximum atomic E-state index is 12.3. The van der Waals surface area contributed by atoms with Crippen molar-refractivity contribution < 1.29 is 19.4 Å². The van der Waals surface area contributed by atoms with Gasteiger partial charge in [0, 0.05) is 11.9 Å². The van der Waals surface area contributed by atoms with Crippen molar-refractivity contribution in [3.05, 3.63) is 59.8 Å². The van der Waals surface area contributed by atoms with E-state index < -0.39 is 11.9 Å². The molecule has 1 atom stereocenters. The van der Waals surface area contributed by atoms with Crippen molar-refractivity contribution >= 4 is 22.8 Å². The number of carbonyl (C=O) groups is 2. The summed E-state index contributed by atoms with van der Waals surface area (Å²) in [5.74, 6) is -0.949. The smallest absolute Gasteiger partial charge is 0.310 e. The summed E-state index contributed by atoms with van der Waals surface area (Å²) in [6, 6.07) is 14.2. The van der Waals surface area contributed by atoms with Crippen molar-refractivity contribution in [1.82, 2.24) is 15.5 Å². The number of esters is 1. The fraction of sp³-hybridized carbons (Fsp3) is 0.250. The second kappa shape index (κ2) is 8.35. The number of fused-ring (bicyclic) bond motifs is 1. The number of aromatic hydroxyl groups is 1. The number of phenols is 1. The molecule has 1 unspecified atom stereocenters. The number of nitrogens with one attached hydrogen (secondary N) is 2. The number of H-pyrrole nitrogens is 1. The van der Waals surface area contributed by atoms with E-state index in [-0.39, 0.29) is 24.6 Å². The molecule has 7 nitrogen and oxygen atoms in total. The first-order valence-corrected chi connectivity index (χ1v) is 8.61. The van der Waals surface area contributed by atoms with Crippen molar-refractivity contribution in [2.45, 2.75) is 12.8 Å². The van der Waals surface area contributed by atoms with Gasteiger partial charge in [-0.2, -0.15) is 5.10 Å². The number of hydrogen-bond acceptors (Lipinski definition) is 5. The molecule has 1 heterocycles. The number of ether oxygens (including phenoxy) is 1. The van der Waals surface area contributed by atoms with E-state index in [4.69, 9.17) is 4.74 Å². The van der Waals surface area contributed by atoms with Gasteiger partial charge in [-0.15, -0.1) is 0 Å². The van der Waals surface area contributed by atoms with E-state index >= 15 is 0 Å². The number of aromatic amines is 1. The van der Waals surface area contributed by atoms with Crippen molar-refractivity contribution in [3.8, 4) is 5.75 Å². The number of aromatic nitrogens is 2. The molecule has 27 heavy (non-hydrogen) atoms. The number of carbonyl (C=O) groups excluding carboxylic acids is 2. The Morgan fingerprint density at radius 1 is 1.19 bits per heavy atom. The summed E-state index contributed by atoms with van der Waals surface area (Å²) < 4.78 is 4.85. The fourth-order valence-electron chi connectivity index (χ4n) is 2.93. The summed E-state index contributed by atoms with van der Waals surface area (Å²) in [4.78, 5) is 24.4. The molecule has 0 bridgehead atoms. The Hall–Kier alpha value is -3.35. The normalized spacial score (nSPS) is 11.9. The van der Waals surface area contributed by atoms with E-state index in [9.17, 15) is 14.7 Å². The van der Waals surface area contributed by atoms with E-state index in [2.05, 4.69) is 15.5 Å². The third-order valence-corrected chi connectivity index (χ3v) is 4.38. The van der Waals surface area contributed by atoms with Gasteiger partial charge in [0.05, 0.1) is 30.7 Å². The highest BCUT2D eigenvalue weighted by molar-refractivity contribution is 5.87. The zero-order chi connectivity index (χ0) is 19.2. The number of rotatable bonds is 7. The number of hydrogen-bond donors (Lipinski definition) is 3. The highest BCUT2D eigenvalue weighted by Crippen LogP contribution is 2.16. The van der Waals surface area contributed by atoms with Crippen LogP contribution in [0, 0.1) is 5.92 Å². The first-order chi connectivity index (χ1) is 13.1. The molecular weight excluding hydrogens is 346 g/mol. The summed E-state index contributed by atoms with van der Waals surface area (Å²) in [5.41, 5.74) is 2.41. The molecule has 7 heteroatoms. The summed E-state index contributed by atoms with van der Waals surface area (Å²) in [6.45, 7) is 0.165. The van der Waals surface area contributed by atoms with E-state index in [1.54, 1.807) is 24.3 Å². The maximum absolute atomic E-state index is 12.3. The lowest BCUT2D eigenvalue weighted by atomic mass is 9.99. The van der Waals surface area contributed by atoms with E-state index in [1.807, 2.05) is 24.3 Å². The van der Waals surface area contributed by atoms with Gasteiger partial charge in [0.25, 0.3) is 0 Å². The summed E-state index contributed by atoms with van der Waals surface area (Å²) in [7, 11) is 1.32. The third-order valence-electron chi connectivity index (χ3n) is 4.38. The molecule has 140 valence electrons. The molecule has 1 aromatic heterocycles. The standard InChI is InChI=1S/C20H21N3O4/c1-27-20(26)14(10-13-6-8-15(24)9-7-13)12-21-19(25)11-18-16-4-2-3-5-17(16)22-23-18/h2-9,14,24H,10-12H2,1H3,(H,21,25)(H,22,23). The Morgan fingerprint density at radius 2 is 1.93 bits per heavy atom. The number of benzene rings is 2. The zero-order valence-corrected chi connectivity index (χ0v) is 14.9. The quantitative estimate of drug-likeness (QED) is 0.554. The molecule has 0 aliphatic heterocycles. The number of amides is 1. The monoisotopic (exact) mass is 367 g/mol. The van der Waals surface area contributed by atoms with Gasteiger partial charge in [0.2, 0.25) is 5.91 Å². The molecule has 0 fully saturated rings. The van der Waals surface area contributed by atoms with Crippen molar-refractivity contribution in [2.75, 3.05) is 13.7 Å². The van der Waals surface area contributed by atoms with Crippen LogP contribution >= 0.6 is 0 Å². The maximum Gasteiger partial charge on any atom is 0.310 e. The van der Waals surface area contributed by atoms with Crippen LogP contribution in [0.25, 0.3) is 10.9 Å². The van der Waals surface area contributed by atoms with Gasteiger partial charge in [0.15, 0.2) is 0 Å². The molecule has 0 radical (unpaired) electrons. The van der Waals surface area contributed by atoms with Crippen LogP contribution in [0.3, 0.4) is 0 Å². The second-order valence-corrected chi connectivity index (χ2v) is 6.29. The SMILES string of the molecule is COC(=O)C(CNC(=O)Cc1[nH]nc2ccccc12)Cc1ccc(O)cc1. The van der Waals surface area contributed by atoms with Gasteiger partial charge in [-0.25, -0.2) is 0 Å². The molecule has 3 N–H and O–H groups in total. The summed E-state index contributed by atoms with van der Waals surface area (Å²) in [5, 5.41) is 20.1. The van der Waals surface area contributed by atoms with E-state index in [1.165, 1.54) is 7.11 Å². The second-order valence-electron chi connectivity index (χ2n) is 6.29. The molecule has 0 saturated heterocycles. The van der Waals surface area contributed by atoms with Gasteiger partial charge < -0.3 is 15.2 Å².